The standard InChI is InChI=1S/C23H24BrNO4/c1-3-5-9-14-25(23(27)28-4-2)20-18-15-17(24)12-13-19(18)29-22(20)21(26)16-10-7-6-8-11-16/h6-8,10-13,15H,3-5,9,14H2,1-2H3. The molecule has 2 aromatic carbocycles. The third-order valence-corrected chi connectivity index (χ3v) is 5.10. The molecule has 1 aromatic heterocycles. The molecule has 3 rings (SSSR count). The summed E-state index contributed by atoms with van der Waals surface area (Å²) < 4.78 is 12.1. The summed E-state index contributed by atoms with van der Waals surface area (Å²) in [5.41, 5.74) is 1.52. The first kappa shape index (κ1) is 21.1. The monoisotopic (exact) mass is 457 g/mol. The zero-order chi connectivity index (χ0) is 20.8. The van der Waals surface area contributed by atoms with Crippen LogP contribution in [0.15, 0.2) is 57.4 Å². The summed E-state index contributed by atoms with van der Waals surface area (Å²) >= 11 is 3.48. The minimum atomic E-state index is -0.478. The lowest BCUT2D eigenvalue weighted by Crippen LogP contribution is -2.33. The van der Waals surface area contributed by atoms with Crippen molar-refractivity contribution in [1.29, 1.82) is 0 Å². The van der Waals surface area contributed by atoms with Crippen molar-refractivity contribution < 1.29 is 18.7 Å². The second kappa shape index (κ2) is 9.74. The molecule has 0 atom stereocenters. The highest BCUT2D eigenvalue weighted by molar-refractivity contribution is 9.10. The molecule has 152 valence electrons. The smallest absolute Gasteiger partial charge is 0.414 e. The van der Waals surface area contributed by atoms with Crippen LogP contribution >= 0.6 is 15.9 Å². The van der Waals surface area contributed by atoms with Crippen LogP contribution in [0.1, 0.15) is 49.2 Å². The van der Waals surface area contributed by atoms with E-state index >= 15 is 0 Å². The molecule has 0 aliphatic rings. The lowest BCUT2D eigenvalue weighted by atomic mass is 10.1. The first-order valence-corrected chi connectivity index (χ1v) is 10.6. The predicted octanol–water partition coefficient (Wildman–Crippen LogP) is 6.58. The normalized spacial score (nSPS) is 10.9. The highest BCUT2D eigenvalue weighted by atomic mass is 79.9. The Morgan fingerprint density at radius 1 is 1.07 bits per heavy atom. The Morgan fingerprint density at radius 3 is 2.52 bits per heavy atom. The van der Waals surface area contributed by atoms with Crippen LogP contribution in [0.25, 0.3) is 11.0 Å². The van der Waals surface area contributed by atoms with E-state index < -0.39 is 6.09 Å². The molecule has 0 aliphatic carbocycles. The van der Waals surface area contributed by atoms with Gasteiger partial charge in [-0.25, -0.2) is 4.79 Å². The molecule has 5 nitrogen and oxygen atoms in total. The fourth-order valence-electron chi connectivity index (χ4n) is 3.22. The molecule has 0 N–H and O–H groups in total. The molecule has 0 bridgehead atoms. The van der Waals surface area contributed by atoms with E-state index in [0.717, 1.165) is 23.7 Å². The Bertz CT molecular complexity index is 997. The molecule has 0 radical (unpaired) electrons. The molecular weight excluding hydrogens is 434 g/mol. The number of unbranched alkanes of at least 4 members (excludes halogenated alkanes) is 2. The van der Waals surface area contributed by atoms with Crippen LogP contribution in [-0.4, -0.2) is 25.0 Å². The highest BCUT2D eigenvalue weighted by Crippen LogP contribution is 2.37. The Kier molecular flexibility index (Phi) is 7.09. The molecular formula is C23H24BrNO4. The number of benzene rings is 2. The van der Waals surface area contributed by atoms with Crippen molar-refractivity contribution in [1.82, 2.24) is 0 Å². The van der Waals surface area contributed by atoms with E-state index in [2.05, 4.69) is 22.9 Å². The number of amides is 1. The summed E-state index contributed by atoms with van der Waals surface area (Å²) in [6.45, 7) is 4.57. The first-order valence-electron chi connectivity index (χ1n) is 9.82. The van der Waals surface area contributed by atoms with Gasteiger partial charge in [-0.3, -0.25) is 9.69 Å². The summed E-state index contributed by atoms with van der Waals surface area (Å²) in [5, 5.41) is 0.697. The number of hydrogen-bond donors (Lipinski definition) is 0. The molecule has 0 aliphatic heterocycles. The van der Waals surface area contributed by atoms with Crippen molar-refractivity contribution in [3.05, 3.63) is 64.3 Å². The maximum Gasteiger partial charge on any atom is 0.414 e. The van der Waals surface area contributed by atoms with Gasteiger partial charge in [-0.15, -0.1) is 0 Å². The quantitative estimate of drug-likeness (QED) is 0.283. The molecule has 0 saturated heterocycles. The fraction of sp³-hybridized carbons (Fsp3) is 0.304. The number of ketones is 1. The third-order valence-electron chi connectivity index (χ3n) is 4.61. The Morgan fingerprint density at radius 2 is 1.83 bits per heavy atom. The minimum Gasteiger partial charge on any atom is -0.450 e. The number of ether oxygens (including phenoxy) is 1. The van der Waals surface area contributed by atoms with Gasteiger partial charge in [0.25, 0.3) is 0 Å². The summed E-state index contributed by atoms with van der Waals surface area (Å²) in [4.78, 5) is 27.6. The summed E-state index contributed by atoms with van der Waals surface area (Å²) in [7, 11) is 0. The molecule has 0 fully saturated rings. The van der Waals surface area contributed by atoms with Gasteiger partial charge >= 0.3 is 6.09 Å². The molecule has 0 unspecified atom stereocenters. The van der Waals surface area contributed by atoms with E-state index in [-0.39, 0.29) is 18.2 Å². The van der Waals surface area contributed by atoms with Gasteiger partial charge < -0.3 is 9.15 Å². The lowest BCUT2D eigenvalue weighted by molar-refractivity contribution is 0.101. The molecule has 3 aromatic rings. The number of fused-ring (bicyclic) bond motifs is 1. The number of rotatable bonds is 8. The zero-order valence-electron chi connectivity index (χ0n) is 16.6. The van der Waals surface area contributed by atoms with Crippen LogP contribution in [0.3, 0.4) is 0 Å². The molecule has 29 heavy (non-hydrogen) atoms. The number of furan rings is 1. The average molecular weight is 458 g/mol. The van der Waals surface area contributed by atoms with Gasteiger partial charge in [0.1, 0.15) is 11.3 Å². The number of carbonyl (C=O) groups is 2. The molecule has 1 amide bonds. The number of nitrogens with zero attached hydrogens (tertiary/aromatic N) is 1. The van der Waals surface area contributed by atoms with Crippen molar-refractivity contribution in [2.45, 2.75) is 33.1 Å². The Labute approximate surface area is 178 Å². The average Bonchev–Trinajstić information content (AvgIpc) is 3.09. The third kappa shape index (κ3) is 4.70. The van der Waals surface area contributed by atoms with E-state index in [4.69, 9.17) is 9.15 Å². The summed E-state index contributed by atoms with van der Waals surface area (Å²) in [5.74, 6) is -0.119. The van der Waals surface area contributed by atoms with Gasteiger partial charge in [0, 0.05) is 22.0 Å². The SMILES string of the molecule is CCCCCN(C(=O)OCC)c1c(C(=O)c2ccccc2)oc2ccc(Br)cc12. The molecule has 6 heteroatoms. The van der Waals surface area contributed by atoms with E-state index in [1.165, 1.54) is 4.90 Å². The van der Waals surface area contributed by atoms with Gasteiger partial charge in [-0.05, 0) is 31.5 Å². The second-order valence-electron chi connectivity index (χ2n) is 6.67. The maximum atomic E-state index is 13.3. The number of hydrogen-bond acceptors (Lipinski definition) is 4. The molecule has 0 saturated carbocycles. The van der Waals surface area contributed by atoms with Crippen molar-refractivity contribution in [3.8, 4) is 0 Å². The van der Waals surface area contributed by atoms with Gasteiger partial charge in [-0.1, -0.05) is 66.0 Å². The van der Waals surface area contributed by atoms with Gasteiger partial charge in [0.15, 0.2) is 5.76 Å². The highest BCUT2D eigenvalue weighted by Gasteiger charge is 2.30. The number of carbonyl (C=O) groups excluding carboxylic acids is 2. The maximum absolute atomic E-state index is 13.3. The van der Waals surface area contributed by atoms with E-state index in [1.54, 1.807) is 37.3 Å². The van der Waals surface area contributed by atoms with Crippen molar-refractivity contribution >= 4 is 44.5 Å². The van der Waals surface area contributed by atoms with Crippen LogP contribution in [0, 0.1) is 0 Å². The Balaban J connectivity index is 2.16. The second-order valence-corrected chi connectivity index (χ2v) is 7.59. The van der Waals surface area contributed by atoms with Crippen molar-refractivity contribution in [3.63, 3.8) is 0 Å². The zero-order valence-corrected chi connectivity index (χ0v) is 18.2. The summed E-state index contributed by atoms with van der Waals surface area (Å²) in [6.07, 6.45) is 2.31. The first-order chi connectivity index (χ1) is 14.1. The Hall–Kier alpha value is -2.60. The minimum absolute atomic E-state index is 0.147. The van der Waals surface area contributed by atoms with E-state index in [0.29, 0.717) is 28.8 Å². The lowest BCUT2D eigenvalue weighted by Gasteiger charge is -2.22. The van der Waals surface area contributed by atoms with Gasteiger partial charge in [-0.2, -0.15) is 0 Å². The predicted molar refractivity (Wildman–Crippen MR) is 118 cm³/mol. The van der Waals surface area contributed by atoms with Crippen LogP contribution in [0.5, 0.6) is 0 Å². The number of anilines is 1. The van der Waals surface area contributed by atoms with Crippen molar-refractivity contribution in [2.24, 2.45) is 0 Å². The van der Waals surface area contributed by atoms with E-state index in [9.17, 15) is 9.59 Å². The molecule has 1 heterocycles. The fourth-order valence-corrected chi connectivity index (χ4v) is 3.58. The molecule has 0 spiro atoms. The number of halogens is 1. The van der Waals surface area contributed by atoms with Crippen LogP contribution in [0.4, 0.5) is 10.5 Å². The van der Waals surface area contributed by atoms with Crippen LogP contribution < -0.4 is 4.90 Å². The topological polar surface area (TPSA) is 59.8 Å². The van der Waals surface area contributed by atoms with Crippen LogP contribution in [-0.2, 0) is 4.74 Å². The largest absolute Gasteiger partial charge is 0.450 e. The van der Waals surface area contributed by atoms with Crippen molar-refractivity contribution in [2.75, 3.05) is 18.1 Å². The van der Waals surface area contributed by atoms with Gasteiger partial charge in [0.05, 0.1) is 6.61 Å². The van der Waals surface area contributed by atoms with Crippen LogP contribution in [0.2, 0.25) is 0 Å². The van der Waals surface area contributed by atoms with Gasteiger partial charge in [0.2, 0.25) is 5.78 Å². The summed E-state index contributed by atoms with van der Waals surface area (Å²) in [6, 6.07) is 14.4. The van der Waals surface area contributed by atoms with E-state index in [1.807, 2.05) is 18.2 Å².